The zero-order chi connectivity index (χ0) is 14.4. The molecule has 106 valence electrons. The van der Waals surface area contributed by atoms with E-state index in [1.54, 1.807) is 17.3 Å². The van der Waals surface area contributed by atoms with Gasteiger partial charge < -0.3 is 15.4 Å². The molecule has 2 aromatic rings. The zero-order valence-electron chi connectivity index (χ0n) is 11.7. The lowest BCUT2D eigenvalue weighted by atomic mass is 10.1. The summed E-state index contributed by atoms with van der Waals surface area (Å²) in [4.78, 5) is 17.9. The molecule has 0 saturated carbocycles. The summed E-state index contributed by atoms with van der Waals surface area (Å²) in [7, 11) is 3.67. The number of ether oxygens (including phenoxy) is 1. The van der Waals surface area contributed by atoms with E-state index < -0.39 is 0 Å². The molecule has 2 aromatic heterocycles. The summed E-state index contributed by atoms with van der Waals surface area (Å²) in [6.45, 7) is 0.526. The van der Waals surface area contributed by atoms with Crippen LogP contribution in [0.15, 0.2) is 24.5 Å². The number of hydrogen-bond donors (Lipinski definition) is 1. The standard InChI is InChI=1S/C13H18N6O/c1-19(2)12-16-11(14)17-13(18-12)20-9-3-4-10-5-7-15-8-6-10/h5-8H,3-4,9H2,1-2H3,(H2,14,16,17,18). The number of aromatic nitrogens is 4. The van der Waals surface area contributed by atoms with Crippen molar-refractivity contribution in [3.8, 4) is 6.01 Å². The first-order chi connectivity index (χ1) is 9.65. The van der Waals surface area contributed by atoms with Crippen LogP contribution in [0.1, 0.15) is 12.0 Å². The van der Waals surface area contributed by atoms with Gasteiger partial charge in [-0.2, -0.15) is 15.0 Å². The van der Waals surface area contributed by atoms with Gasteiger partial charge >= 0.3 is 6.01 Å². The highest BCUT2D eigenvalue weighted by molar-refractivity contribution is 5.33. The minimum absolute atomic E-state index is 0.160. The Bertz CT molecular complexity index is 546. The molecule has 0 atom stereocenters. The summed E-state index contributed by atoms with van der Waals surface area (Å²) in [5.74, 6) is 0.648. The van der Waals surface area contributed by atoms with E-state index in [1.807, 2.05) is 26.2 Å². The molecule has 20 heavy (non-hydrogen) atoms. The summed E-state index contributed by atoms with van der Waals surface area (Å²) >= 11 is 0. The third kappa shape index (κ3) is 4.04. The number of rotatable bonds is 6. The molecule has 0 unspecified atom stereocenters. The number of nitrogens with zero attached hydrogens (tertiary/aromatic N) is 5. The van der Waals surface area contributed by atoms with Gasteiger partial charge in [-0.1, -0.05) is 0 Å². The van der Waals surface area contributed by atoms with Crippen LogP contribution in [0.25, 0.3) is 0 Å². The maximum absolute atomic E-state index is 5.62. The van der Waals surface area contributed by atoms with Gasteiger partial charge in [0.1, 0.15) is 0 Å². The predicted octanol–water partition coefficient (Wildman–Crippen LogP) is 0.926. The summed E-state index contributed by atoms with van der Waals surface area (Å²) < 4.78 is 5.51. The number of anilines is 2. The highest BCUT2D eigenvalue weighted by Crippen LogP contribution is 2.11. The SMILES string of the molecule is CN(C)c1nc(N)nc(OCCCc2ccncc2)n1. The maximum atomic E-state index is 5.62. The molecule has 7 nitrogen and oxygen atoms in total. The van der Waals surface area contributed by atoms with Crippen LogP contribution < -0.4 is 15.4 Å². The first-order valence-corrected chi connectivity index (χ1v) is 6.36. The van der Waals surface area contributed by atoms with Crippen LogP contribution >= 0.6 is 0 Å². The molecule has 7 heteroatoms. The van der Waals surface area contributed by atoms with Gasteiger partial charge in [0.2, 0.25) is 11.9 Å². The van der Waals surface area contributed by atoms with E-state index >= 15 is 0 Å². The zero-order valence-corrected chi connectivity index (χ0v) is 11.7. The lowest BCUT2D eigenvalue weighted by Gasteiger charge is -2.11. The van der Waals surface area contributed by atoms with Crippen molar-refractivity contribution in [2.45, 2.75) is 12.8 Å². The van der Waals surface area contributed by atoms with Gasteiger partial charge in [0, 0.05) is 26.5 Å². The highest BCUT2D eigenvalue weighted by Gasteiger charge is 2.06. The molecule has 2 rings (SSSR count). The Morgan fingerprint density at radius 3 is 2.60 bits per heavy atom. The first kappa shape index (κ1) is 14.0. The van der Waals surface area contributed by atoms with Crippen LogP contribution in [0.2, 0.25) is 0 Å². The van der Waals surface area contributed by atoms with Crippen LogP contribution in [0, 0.1) is 0 Å². The lowest BCUT2D eigenvalue weighted by molar-refractivity contribution is 0.286. The van der Waals surface area contributed by atoms with Crippen molar-refractivity contribution >= 4 is 11.9 Å². The molecular formula is C13H18N6O. The Hall–Kier alpha value is -2.44. The second-order valence-corrected chi connectivity index (χ2v) is 4.48. The van der Waals surface area contributed by atoms with E-state index in [-0.39, 0.29) is 12.0 Å². The average Bonchev–Trinajstić information content (AvgIpc) is 2.44. The highest BCUT2D eigenvalue weighted by atomic mass is 16.5. The largest absolute Gasteiger partial charge is 0.463 e. The maximum Gasteiger partial charge on any atom is 0.323 e. The molecule has 2 N–H and O–H groups in total. The van der Waals surface area contributed by atoms with E-state index in [1.165, 1.54) is 5.56 Å². The van der Waals surface area contributed by atoms with Crippen LogP contribution in [0.4, 0.5) is 11.9 Å². The van der Waals surface area contributed by atoms with Gasteiger partial charge in [0.05, 0.1) is 6.61 Å². The van der Waals surface area contributed by atoms with E-state index in [0.29, 0.717) is 12.6 Å². The third-order valence-electron chi connectivity index (χ3n) is 2.61. The molecule has 0 bridgehead atoms. The first-order valence-electron chi connectivity index (χ1n) is 6.36. The number of pyridine rings is 1. The molecule has 0 amide bonds. The van der Waals surface area contributed by atoms with Gasteiger partial charge in [-0.3, -0.25) is 4.98 Å². The van der Waals surface area contributed by atoms with Crippen molar-refractivity contribution in [3.63, 3.8) is 0 Å². The topological polar surface area (TPSA) is 90.1 Å². The van der Waals surface area contributed by atoms with Gasteiger partial charge in [-0.25, -0.2) is 0 Å². The quantitative estimate of drug-likeness (QED) is 0.783. The Labute approximate surface area is 117 Å². The molecule has 0 aliphatic heterocycles. The smallest absolute Gasteiger partial charge is 0.323 e. The fourth-order valence-electron chi connectivity index (χ4n) is 1.61. The third-order valence-corrected chi connectivity index (χ3v) is 2.61. The lowest BCUT2D eigenvalue weighted by Crippen LogP contribution is -2.15. The van der Waals surface area contributed by atoms with Crippen LogP contribution in [-0.2, 0) is 6.42 Å². The number of hydrogen-bond acceptors (Lipinski definition) is 7. The van der Waals surface area contributed by atoms with Gasteiger partial charge in [-0.05, 0) is 30.5 Å². The van der Waals surface area contributed by atoms with E-state index in [2.05, 4.69) is 19.9 Å². The van der Waals surface area contributed by atoms with E-state index in [0.717, 1.165) is 12.8 Å². The minimum Gasteiger partial charge on any atom is -0.463 e. The van der Waals surface area contributed by atoms with Crippen molar-refractivity contribution in [3.05, 3.63) is 30.1 Å². The molecule has 0 aliphatic rings. The minimum atomic E-state index is 0.160. The second kappa shape index (κ2) is 6.65. The second-order valence-electron chi connectivity index (χ2n) is 4.48. The summed E-state index contributed by atoms with van der Waals surface area (Å²) in [5, 5.41) is 0. The van der Waals surface area contributed by atoms with Crippen molar-refractivity contribution in [2.24, 2.45) is 0 Å². The molecule has 2 heterocycles. The van der Waals surface area contributed by atoms with Crippen molar-refractivity contribution < 1.29 is 4.74 Å². The van der Waals surface area contributed by atoms with Crippen molar-refractivity contribution in [1.29, 1.82) is 0 Å². The van der Waals surface area contributed by atoms with Gasteiger partial charge in [0.15, 0.2) is 0 Å². The Kier molecular flexibility index (Phi) is 4.65. The molecule has 0 aliphatic carbocycles. The molecule has 0 spiro atoms. The normalized spacial score (nSPS) is 10.3. The van der Waals surface area contributed by atoms with Gasteiger partial charge in [0.25, 0.3) is 0 Å². The Morgan fingerprint density at radius 1 is 1.15 bits per heavy atom. The molecular weight excluding hydrogens is 256 g/mol. The fraction of sp³-hybridized carbons (Fsp3) is 0.385. The van der Waals surface area contributed by atoms with Crippen LogP contribution in [-0.4, -0.2) is 40.6 Å². The molecule has 0 fully saturated rings. The molecule has 0 saturated heterocycles. The van der Waals surface area contributed by atoms with Crippen LogP contribution in [0.5, 0.6) is 6.01 Å². The molecule has 0 aromatic carbocycles. The van der Waals surface area contributed by atoms with Crippen molar-refractivity contribution in [2.75, 3.05) is 31.3 Å². The summed E-state index contributed by atoms with van der Waals surface area (Å²) in [6, 6.07) is 4.24. The Morgan fingerprint density at radius 2 is 1.90 bits per heavy atom. The van der Waals surface area contributed by atoms with E-state index in [9.17, 15) is 0 Å². The summed E-state index contributed by atoms with van der Waals surface area (Å²) in [5.41, 5.74) is 6.85. The van der Waals surface area contributed by atoms with Crippen molar-refractivity contribution in [1.82, 2.24) is 19.9 Å². The number of nitrogen functional groups attached to an aromatic ring is 1. The van der Waals surface area contributed by atoms with E-state index in [4.69, 9.17) is 10.5 Å². The monoisotopic (exact) mass is 274 g/mol. The fourth-order valence-corrected chi connectivity index (χ4v) is 1.61. The number of nitrogens with two attached hydrogens (primary N) is 1. The average molecular weight is 274 g/mol. The molecule has 0 radical (unpaired) electrons. The predicted molar refractivity (Wildman–Crippen MR) is 76.6 cm³/mol. The van der Waals surface area contributed by atoms with Gasteiger partial charge in [-0.15, -0.1) is 0 Å². The van der Waals surface area contributed by atoms with Crippen LogP contribution in [0.3, 0.4) is 0 Å². The summed E-state index contributed by atoms with van der Waals surface area (Å²) in [6.07, 6.45) is 5.36. The number of aryl methyl sites for hydroxylation is 1. The Balaban J connectivity index is 1.85.